The van der Waals surface area contributed by atoms with Crippen molar-refractivity contribution in [3.63, 3.8) is 0 Å². The molecular formula is C96H60N2. The zero-order valence-corrected chi connectivity index (χ0v) is 53.5. The summed E-state index contributed by atoms with van der Waals surface area (Å²) in [7, 11) is 0. The van der Waals surface area contributed by atoms with Gasteiger partial charge in [0, 0.05) is 32.9 Å². The third kappa shape index (κ3) is 8.75. The van der Waals surface area contributed by atoms with Gasteiger partial charge in [-0.15, -0.1) is 0 Å². The number of aromatic nitrogens is 2. The van der Waals surface area contributed by atoms with Crippen molar-refractivity contribution >= 4 is 141 Å². The summed E-state index contributed by atoms with van der Waals surface area (Å²) in [6, 6.07) is 134. The summed E-state index contributed by atoms with van der Waals surface area (Å²) in [6.45, 7) is 0. The molecule has 0 atom stereocenters. The number of fused-ring (bicyclic) bond motifs is 17. The molecule has 0 bridgehead atoms. The molecule has 19 aromatic carbocycles. The number of para-hydroxylation sites is 2. The number of rotatable bonds is 6. The Hall–Kier alpha value is -12.9. The van der Waals surface area contributed by atoms with Crippen LogP contribution in [0.3, 0.4) is 0 Å². The van der Waals surface area contributed by atoms with Crippen molar-refractivity contribution in [3.8, 4) is 55.9 Å². The lowest BCUT2D eigenvalue weighted by molar-refractivity contribution is 1.18. The van der Waals surface area contributed by atoms with Gasteiger partial charge in [-0.1, -0.05) is 285 Å². The summed E-state index contributed by atoms with van der Waals surface area (Å²) in [5.41, 5.74) is 17.3. The third-order valence-electron chi connectivity index (χ3n) is 20.8. The van der Waals surface area contributed by atoms with E-state index in [2.05, 4.69) is 373 Å². The van der Waals surface area contributed by atoms with Gasteiger partial charge in [0.2, 0.25) is 0 Å². The molecule has 0 spiro atoms. The smallest absolute Gasteiger partial charge is 0.0547 e. The highest BCUT2D eigenvalue weighted by molar-refractivity contribution is 6.27. The second-order valence-corrected chi connectivity index (χ2v) is 26.2. The molecule has 2 nitrogen and oxygen atoms in total. The van der Waals surface area contributed by atoms with Crippen LogP contribution in [0.4, 0.5) is 0 Å². The van der Waals surface area contributed by atoms with Gasteiger partial charge in [-0.25, -0.2) is 0 Å². The maximum atomic E-state index is 2.43. The summed E-state index contributed by atoms with van der Waals surface area (Å²) in [5, 5.41) is 28.1. The van der Waals surface area contributed by atoms with Crippen LogP contribution in [0.25, 0.3) is 196 Å². The summed E-state index contributed by atoms with van der Waals surface area (Å²) < 4.78 is 4.86. The summed E-state index contributed by atoms with van der Waals surface area (Å²) >= 11 is 0. The van der Waals surface area contributed by atoms with Crippen molar-refractivity contribution in [1.29, 1.82) is 0 Å². The van der Waals surface area contributed by atoms with Gasteiger partial charge in [-0.05, 0) is 220 Å². The molecule has 0 saturated carbocycles. The number of hydrogen-bond donors (Lipinski definition) is 0. The summed E-state index contributed by atoms with van der Waals surface area (Å²) in [6.07, 6.45) is 0. The Morgan fingerprint density at radius 1 is 0.143 bits per heavy atom. The molecule has 2 heterocycles. The van der Waals surface area contributed by atoms with Gasteiger partial charge in [-0.3, -0.25) is 0 Å². The molecule has 0 unspecified atom stereocenters. The average Bonchev–Trinajstić information content (AvgIpc) is 1.34. The molecular weight excluding hydrogens is 1180 g/mol. The van der Waals surface area contributed by atoms with E-state index in [0.29, 0.717) is 0 Å². The molecule has 0 fully saturated rings. The van der Waals surface area contributed by atoms with Crippen molar-refractivity contribution in [1.82, 2.24) is 9.13 Å². The zero-order chi connectivity index (χ0) is 64.4. The molecule has 0 radical (unpaired) electrons. The second kappa shape index (κ2) is 22.4. The SMILES string of the molecule is c1ccc(-c2c3ccccc3c(-c3ccc(-n4c5ccccc5c5c6cc7ccccc7cc6ccc54)cc3)c3ccccc23)cc1.c1ccc2cc(-c3c4ccccc4c(-c4ccc(-n5c6ccccc6c6c7cc8ccccc8cc7ccc65)cc4)c4ccccc34)ccc2c1. The van der Waals surface area contributed by atoms with Crippen LogP contribution in [0.1, 0.15) is 0 Å². The first kappa shape index (κ1) is 55.6. The predicted octanol–water partition coefficient (Wildman–Crippen LogP) is 26.6. The molecule has 454 valence electrons. The molecule has 21 rings (SSSR count). The van der Waals surface area contributed by atoms with Gasteiger partial charge in [0.25, 0.3) is 0 Å². The van der Waals surface area contributed by atoms with Crippen LogP contribution in [0.2, 0.25) is 0 Å². The van der Waals surface area contributed by atoms with E-state index in [1.165, 1.54) is 185 Å². The molecule has 0 saturated heterocycles. The zero-order valence-electron chi connectivity index (χ0n) is 53.5. The van der Waals surface area contributed by atoms with E-state index >= 15 is 0 Å². The first-order valence-corrected chi connectivity index (χ1v) is 34.0. The highest BCUT2D eigenvalue weighted by Crippen LogP contribution is 2.48. The molecule has 2 aromatic heterocycles. The van der Waals surface area contributed by atoms with Gasteiger partial charge in [0.05, 0.1) is 22.1 Å². The first-order valence-electron chi connectivity index (χ1n) is 34.0. The lowest BCUT2D eigenvalue weighted by Gasteiger charge is -2.18. The minimum atomic E-state index is 1.16. The molecule has 0 aliphatic rings. The van der Waals surface area contributed by atoms with E-state index < -0.39 is 0 Å². The Morgan fingerprint density at radius 3 is 0.806 bits per heavy atom. The van der Waals surface area contributed by atoms with Crippen LogP contribution < -0.4 is 0 Å². The number of hydrogen-bond acceptors (Lipinski definition) is 0. The summed E-state index contributed by atoms with van der Waals surface area (Å²) in [4.78, 5) is 0. The molecule has 21 aromatic rings. The number of nitrogens with zero attached hydrogens (tertiary/aromatic N) is 2. The maximum Gasteiger partial charge on any atom is 0.0547 e. The van der Waals surface area contributed by atoms with E-state index in [1.54, 1.807) is 0 Å². The monoisotopic (exact) mass is 1240 g/mol. The lowest BCUT2D eigenvalue weighted by atomic mass is 9.85. The minimum absolute atomic E-state index is 1.16. The van der Waals surface area contributed by atoms with Gasteiger partial charge in [-0.2, -0.15) is 0 Å². The van der Waals surface area contributed by atoms with Gasteiger partial charge in [0.1, 0.15) is 0 Å². The largest absolute Gasteiger partial charge is 0.309 e. The average molecular weight is 1240 g/mol. The maximum absolute atomic E-state index is 2.43. The minimum Gasteiger partial charge on any atom is -0.309 e. The molecule has 0 amide bonds. The van der Waals surface area contributed by atoms with Crippen molar-refractivity contribution in [2.24, 2.45) is 0 Å². The standard InChI is InChI=1S/C50H31N.C46H29N/c1-2-12-34-30-38(22-21-32(34)11-1)49-42-17-7-5-15-40(42)48(41-16-6-8-18-43(41)49)33-23-26-39(27-24-33)51-46-20-10-9-19-44(46)50-45-31-36-14-4-3-13-35(36)29-37(45)25-28-47(50)51;1-2-12-30(13-3-1)44-36-16-6-8-18-38(36)45(39-19-9-7-17-37(39)44)31-22-25-35(26-23-31)47-42-21-11-10-20-40(42)46-41-29-33-15-5-4-14-32(33)28-34(41)24-27-43(46)47/h1-31H;1-29H. The molecule has 0 aliphatic heterocycles. The normalized spacial score (nSPS) is 11.9. The Balaban J connectivity index is 0.000000133. The topological polar surface area (TPSA) is 9.86 Å². The fourth-order valence-electron chi connectivity index (χ4n) is 16.5. The Bertz CT molecular complexity index is 6720. The lowest BCUT2D eigenvalue weighted by Crippen LogP contribution is -1.94. The third-order valence-corrected chi connectivity index (χ3v) is 20.8. The van der Waals surface area contributed by atoms with Crippen molar-refractivity contribution in [2.75, 3.05) is 0 Å². The van der Waals surface area contributed by atoms with Crippen molar-refractivity contribution < 1.29 is 0 Å². The van der Waals surface area contributed by atoms with E-state index in [9.17, 15) is 0 Å². The van der Waals surface area contributed by atoms with Crippen LogP contribution in [-0.4, -0.2) is 9.13 Å². The fourth-order valence-corrected chi connectivity index (χ4v) is 16.5. The van der Waals surface area contributed by atoms with Crippen LogP contribution >= 0.6 is 0 Å². The quantitative estimate of drug-likeness (QED) is 0.147. The molecule has 0 aliphatic carbocycles. The first-order chi connectivity index (χ1) is 48.6. The Labute approximate surface area is 566 Å². The summed E-state index contributed by atoms with van der Waals surface area (Å²) in [5.74, 6) is 0. The van der Waals surface area contributed by atoms with E-state index in [1.807, 2.05) is 0 Å². The highest BCUT2D eigenvalue weighted by atomic mass is 15.0. The highest BCUT2D eigenvalue weighted by Gasteiger charge is 2.22. The molecule has 98 heavy (non-hydrogen) atoms. The van der Waals surface area contributed by atoms with E-state index in [-0.39, 0.29) is 0 Å². The van der Waals surface area contributed by atoms with Crippen molar-refractivity contribution in [2.45, 2.75) is 0 Å². The van der Waals surface area contributed by atoms with Gasteiger partial charge < -0.3 is 9.13 Å². The van der Waals surface area contributed by atoms with Crippen LogP contribution in [0.5, 0.6) is 0 Å². The molecule has 0 N–H and O–H groups in total. The van der Waals surface area contributed by atoms with Crippen LogP contribution in [-0.2, 0) is 0 Å². The fraction of sp³-hybridized carbons (Fsp3) is 0. The Kier molecular flexibility index (Phi) is 12.7. The van der Waals surface area contributed by atoms with Crippen LogP contribution in [0, 0.1) is 0 Å². The number of benzene rings is 19. The predicted molar refractivity (Wildman–Crippen MR) is 421 cm³/mol. The van der Waals surface area contributed by atoms with E-state index in [4.69, 9.17) is 0 Å². The molecule has 2 heteroatoms. The second-order valence-electron chi connectivity index (χ2n) is 26.2. The van der Waals surface area contributed by atoms with E-state index in [0.717, 1.165) is 11.4 Å². The van der Waals surface area contributed by atoms with Gasteiger partial charge >= 0.3 is 0 Å². The van der Waals surface area contributed by atoms with Crippen molar-refractivity contribution in [3.05, 3.63) is 364 Å². The van der Waals surface area contributed by atoms with Gasteiger partial charge in [0.15, 0.2) is 0 Å². The van der Waals surface area contributed by atoms with Crippen LogP contribution in [0.15, 0.2) is 364 Å². The Morgan fingerprint density at radius 2 is 0.418 bits per heavy atom.